The van der Waals surface area contributed by atoms with E-state index >= 15 is 0 Å². The van der Waals surface area contributed by atoms with Crippen LogP contribution >= 0.6 is 29.2 Å². The average molecular weight is 414 g/mol. The number of halogens is 1. The first-order valence-corrected chi connectivity index (χ1v) is 8.26. The molecule has 0 saturated heterocycles. The van der Waals surface area contributed by atoms with Crippen LogP contribution in [0.15, 0.2) is 85.2 Å². The summed E-state index contributed by atoms with van der Waals surface area (Å²) < 4.78 is 0. The van der Waals surface area contributed by atoms with E-state index in [4.69, 9.17) is 12.2 Å². The van der Waals surface area contributed by atoms with Gasteiger partial charge in [-0.1, -0.05) is 60.7 Å². The molecule has 0 atom stereocenters. The minimum Gasteiger partial charge on any atom is -0.340 e. The summed E-state index contributed by atoms with van der Waals surface area (Å²) in [5.74, 6) is 0. The number of thiocarbonyl (C=S) groups is 1. The quantitative estimate of drug-likeness (QED) is 0.591. The maximum atomic E-state index is 5.64. The zero-order chi connectivity index (χ0) is 16.6. The van der Waals surface area contributed by atoms with Crippen molar-refractivity contribution >= 4 is 40.0 Å². The maximum Gasteiger partial charge on any atom is 0.174 e. The van der Waals surface area contributed by atoms with Crippen LogP contribution in [0.4, 0.5) is 5.69 Å². The second-order valence-electron chi connectivity index (χ2n) is 5.50. The number of rotatable bonds is 5. The number of aromatic nitrogens is 1. The van der Waals surface area contributed by atoms with Crippen molar-refractivity contribution in [2.45, 2.75) is 13.1 Å². The van der Waals surface area contributed by atoms with Crippen molar-refractivity contribution in [3.8, 4) is 0 Å². The lowest BCUT2D eigenvalue weighted by molar-refractivity contribution is 0.413. The van der Waals surface area contributed by atoms with E-state index in [1.165, 1.54) is 11.1 Å². The molecular weight excluding hydrogens is 394 g/mol. The van der Waals surface area contributed by atoms with Crippen LogP contribution in [0, 0.1) is 0 Å². The fourth-order valence-corrected chi connectivity index (χ4v) is 2.69. The summed E-state index contributed by atoms with van der Waals surface area (Å²) in [7, 11) is 0. The van der Waals surface area contributed by atoms with E-state index in [-0.39, 0.29) is 17.0 Å². The molecule has 0 fully saturated rings. The summed E-state index contributed by atoms with van der Waals surface area (Å²) in [6.45, 7) is 1.50. The van der Waals surface area contributed by atoms with Gasteiger partial charge in [-0.25, -0.2) is 0 Å². The molecule has 0 amide bonds. The van der Waals surface area contributed by atoms with Crippen LogP contribution in [-0.4, -0.2) is 15.0 Å². The van der Waals surface area contributed by atoms with Gasteiger partial charge in [-0.3, -0.25) is 4.98 Å². The SMILES string of the molecule is Br.S=C(Nc1cccnc1)N(Cc1ccccc1)Cc1ccccc1. The molecule has 0 aliphatic carbocycles. The van der Waals surface area contributed by atoms with Crippen molar-refractivity contribution in [3.63, 3.8) is 0 Å². The summed E-state index contributed by atoms with van der Waals surface area (Å²) in [6, 6.07) is 24.6. The minimum absolute atomic E-state index is 0. The van der Waals surface area contributed by atoms with E-state index in [1.807, 2.05) is 48.5 Å². The lowest BCUT2D eigenvalue weighted by Gasteiger charge is -2.26. The van der Waals surface area contributed by atoms with Gasteiger partial charge >= 0.3 is 0 Å². The standard InChI is InChI=1S/C20H19N3S.BrH/c24-20(22-19-12-7-13-21-14-19)23(15-17-8-3-1-4-9-17)16-18-10-5-2-6-11-18;/h1-14H,15-16H2,(H,22,24);1H. The summed E-state index contributed by atoms with van der Waals surface area (Å²) >= 11 is 5.64. The first-order valence-electron chi connectivity index (χ1n) is 7.85. The molecule has 2 aromatic carbocycles. The van der Waals surface area contributed by atoms with Gasteiger partial charge in [0.15, 0.2) is 5.11 Å². The largest absolute Gasteiger partial charge is 0.340 e. The van der Waals surface area contributed by atoms with E-state index in [0.29, 0.717) is 5.11 Å². The molecule has 25 heavy (non-hydrogen) atoms. The van der Waals surface area contributed by atoms with Gasteiger partial charge in [0, 0.05) is 19.3 Å². The molecule has 1 aromatic heterocycles. The van der Waals surface area contributed by atoms with Gasteiger partial charge in [0.25, 0.3) is 0 Å². The molecule has 3 nitrogen and oxygen atoms in total. The van der Waals surface area contributed by atoms with Gasteiger partial charge in [0.2, 0.25) is 0 Å². The summed E-state index contributed by atoms with van der Waals surface area (Å²) in [4.78, 5) is 6.28. The van der Waals surface area contributed by atoms with Crippen LogP contribution in [0.1, 0.15) is 11.1 Å². The van der Waals surface area contributed by atoms with E-state index < -0.39 is 0 Å². The number of anilines is 1. The molecule has 1 N–H and O–H groups in total. The smallest absolute Gasteiger partial charge is 0.174 e. The second kappa shape index (κ2) is 9.91. The number of nitrogens with one attached hydrogen (secondary N) is 1. The van der Waals surface area contributed by atoms with Crippen LogP contribution in [0.5, 0.6) is 0 Å². The Kier molecular flexibility index (Phi) is 7.57. The Hall–Kier alpha value is -2.24. The van der Waals surface area contributed by atoms with Crippen molar-refractivity contribution in [2.75, 3.05) is 5.32 Å². The Morgan fingerprint density at radius 1 is 0.840 bits per heavy atom. The van der Waals surface area contributed by atoms with Crippen LogP contribution in [0.25, 0.3) is 0 Å². The predicted molar refractivity (Wildman–Crippen MR) is 113 cm³/mol. The first-order chi connectivity index (χ1) is 11.8. The van der Waals surface area contributed by atoms with Gasteiger partial charge in [-0.05, 0) is 35.5 Å². The Bertz CT molecular complexity index is 725. The monoisotopic (exact) mass is 413 g/mol. The summed E-state index contributed by atoms with van der Waals surface area (Å²) in [5, 5.41) is 3.97. The zero-order valence-corrected chi connectivity index (χ0v) is 16.2. The molecule has 3 aromatic rings. The molecule has 0 aliphatic heterocycles. The van der Waals surface area contributed by atoms with Crippen LogP contribution < -0.4 is 5.32 Å². The van der Waals surface area contributed by atoms with E-state index in [1.54, 1.807) is 12.4 Å². The van der Waals surface area contributed by atoms with Crippen molar-refractivity contribution in [1.29, 1.82) is 0 Å². The molecule has 0 bridgehead atoms. The normalized spacial score (nSPS) is 9.76. The summed E-state index contributed by atoms with van der Waals surface area (Å²) in [6.07, 6.45) is 3.52. The number of pyridine rings is 1. The molecule has 0 aliphatic rings. The molecule has 128 valence electrons. The van der Waals surface area contributed by atoms with Crippen LogP contribution in [0.3, 0.4) is 0 Å². The lowest BCUT2D eigenvalue weighted by atomic mass is 10.2. The van der Waals surface area contributed by atoms with Crippen molar-refractivity contribution in [3.05, 3.63) is 96.3 Å². The van der Waals surface area contributed by atoms with Crippen LogP contribution in [-0.2, 0) is 13.1 Å². The predicted octanol–water partition coefficient (Wildman–Crippen LogP) is 5.06. The number of benzene rings is 2. The lowest BCUT2D eigenvalue weighted by Crippen LogP contribution is -2.33. The fraction of sp³-hybridized carbons (Fsp3) is 0.100. The molecule has 0 unspecified atom stereocenters. The highest BCUT2D eigenvalue weighted by Gasteiger charge is 2.11. The maximum absolute atomic E-state index is 5.64. The highest BCUT2D eigenvalue weighted by Crippen LogP contribution is 2.13. The fourth-order valence-electron chi connectivity index (χ4n) is 2.45. The van der Waals surface area contributed by atoms with E-state index in [2.05, 4.69) is 39.5 Å². The Labute approximate surface area is 164 Å². The van der Waals surface area contributed by atoms with Crippen molar-refractivity contribution in [1.82, 2.24) is 9.88 Å². The highest BCUT2D eigenvalue weighted by molar-refractivity contribution is 8.93. The molecular formula is C20H20BrN3S. The first kappa shape index (κ1) is 19.1. The third-order valence-corrected chi connectivity index (χ3v) is 3.99. The Morgan fingerprint density at radius 2 is 1.40 bits per heavy atom. The summed E-state index contributed by atoms with van der Waals surface area (Å²) in [5.41, 5.74) is 3.35. The molecule has 1 heterocycles. The number of hydrogen-bond donors (Lipinski definition) is 1. The van der Waals surface area contributed by atoms with Gasteiger partial charge in [-0.2, -0.15) is 0 Å². The van der Waals surface area contributed by atoms with Gasteiger partial charge in [0.1, 0.15) is 0 Å². The highest BCUT2D eigenvalue weighted by atomic mass is 79.9. The second-order valence-corrected chi connectivity index (χ2v) is 5.89. The number of hydrogen-bond acceptors (Lipinski definition) is 2. The topological polar surface area (TPSA) is 28.2 Å². The van der Waals surface area contributed by atoms with Crippen molar-refractivity contribution < 1.29 is 0 Å². The van der Waals surface area contributed by atoms with Gasteiger partial charge in [-0.15, -0.1) is 17.0 Å². The third kappa shape index (κ3) is 5.96. The molecule has 0 spiro atoms. The molecule has 5 heteroatoms. The molecule has 0 radical (unpaired) electrons. The molecule has 3 rings (SSSR count). The third-order valence-electron chi connectivity index (χ3n) is 3.63. The van der Waals surface area contributed by atoms with Crippen LogP contribution in [0.2, 0.25) is 0 Å². The number of nitrogens with zero attached hydrogens (tertiary/aromatic N) is 2. The van der Waals surface area contributed by atoms with Gasteiger partial charge < -0.3 is 10.2 Å². The average Bonchev–Trinajstić information content (AvgIpc) is 2.64. The van der Waals surface area contributed by atoms with Gasteiger partial charge in [0.05, 0.1) is 11.9 Å². The van der Waals surface area contributed by atoms with E-state index in [9.17, 15) is 0 Å². The van der Waals surface area contributed by atoms with Crippen molar-refractivity contribution in [2.24, 2.45) is 0 Å². The zero-order valence-electron chi connectivity index (χ0n) is 13.7. The Morgan fingerprint density at radius 3 is 1.88 bits per heavy atom. The Balaban J connectivity index is 0.00000225. The molecule has 0 saturated carbocycles. The minimum atomic E-state index is 0. The van der Waals surface area contributed by atoms with E-state index in [0.717, 1.165) is 18.8 Å².